The van der Waals surface area contributed by atoms with Gasteiger partial charge in [0.1, 0.15) is 6.10 Å². The van der Waals surface area contributed by atoms with E-state index in [0.29, 0.717) is 6.54 Å². The molecule has 1 heterocycles. The number of methoxy groups -OCH3 is 1. The van der Waals surface area contributed by atoms with Crippen molar-refractivity contribution < 1.29 is 9.84 Å². The Kier molecular flexibility index (Phi) is 2.79. The van der Waals surface area contributed by atoms with Crippen LogP contribution in [0.4, 0.5) is 11.4 Å². The van der Waals surface area contributed by atoms with Gasteiger partial charge in [0.15, 0.2) is 0 Å². The van der Waals surface area contributed by atoms with Gasteiger partial charge in [-0.1, -0.05) is 0 Å². The summed E-state index contributed by atoms with van der Waals surface area (Å²) in [5.41, 5.74) is 7.44. The van der Waals surface area contributed by atoms with Crippen LogP contribution in [0.25, 0.3) is 0 Å². The Labute approximate surface area is 89.3 Å². The minimum atomic E-state index is -0.410. The van der Waals surface area contributed by atoms with E-state index < -0.39 is 6.10 Å². The first-order valence-electron chi connectivity index (χ1n) is 5.02. The van der Waals surface area contributed by atoms with Crippen LogP contribution >= 0.6 is 0 Å². The third-order valence-corrected chi connectivity index (χ3v) is 2.80. The van der Waals surface area contributed by atoms with Gasteiger partial charge in [0, 0.05) is 31.6 Å². The molecule has 0 radical (unpaired) electrons. The Morgan fingerprint density at radius 2 is 2.00 bits per heavy atom. The van der Waals surface area contributed by atoms with Crippen molar-refractivity contribution in [3.8, 4) is 0 Å². The van der Waals surface area contributed by atoms with Crippen molar-refractivity contribution >= 4 is 11.4 Å². The maximum Gasteiger partial charge on any atom is 0.102 e. The van der Waals surface area contributed by atoms with Crippen LogP contribution < -0.4 is 10.6 Å². The van der Waals surface area contributed by atoms with Gasteiger partial charge in [-0.15, -0.1) is 0 Å². The highest BCUT2D eigenvalue weighted by molar-refractivity contribution is 5.54. The molecular formula is C11H16N2O2. The standard InChI is InChI=1S/C11H16N2O2/c1-15-11-7-13(6-10(11)14)9-4-2-8(12)3-5-9/h2-5,10-11,14H,6-7,12H2,1H3/t10-,11-/m0/s1. The number of nitrogens with two attached hydrogens (primary N) is 1. The van der Waals surface area contributed by atoms with E-state index in [1.54, 1.807) is 7.11 Å². The van der Waals surface area contributed by atoms with E-state index in [1.165, 1.54) is 0 Å². The number of hydrogen-bond donors (Lipinski definition) is 2. The maximum absolute atomic E-state index is 9.68. The van der Waals surface area contributed by atoms with Crippen LogP contribution in [-0.2, 0) is 4.74 Å². The molecule has 0 aliphatic carbocycles. The molecule has 0 saturated carbocycles. The predicted octanol–water partition coefficient (Wildman–Crippen LogP) is 0.465. The van der Waals surface area contributed by atoms with E-state index in [-0.39, 0.29) is 6.10 Å². The van der Waals surface area contributed by atoms with Crippen molar-refractivity contribution in [1.29, 1.82) is 0 Å². The lowest BCUT2D eigenvalue weighted by molar-refractivity contribution is 0.0217. The second kappa shape index (κ2) is 4.08. The Hall–Kier alpha value is -1.26. The highest BCUT2D eigenvalue weighted by Gasteiger charge is 2.31. The fraction of sp³-hybridized carbons (Fsp3) is 0.455. The maximum atomic E-state index is 9.68. The molecule has 82 valence electrons. The number of benzene rings is 1. The van der Waals surface area contributed by atoms with Crippen molar-refractivity contribution in [2.75, 3.05) is 30.8 Å². The lowest BCUT2D eigenvalue weighted by Gasteiger charge is -2.17. The van der Waals surface area contributed by atoms with Crippen molar-refractivity contribution in [3.05, 3.63) is 24.3 Å². The highest BCUT2D eigenvalue weighted by Crippen LogP contribution is 2.22. The zero-order chi connectivity index (χ0) is 10.8. The molecule has 1 fully saturated rings. The smallest absolute Gasteiger partial charge is 0.102 e. The van der Waals surface area contributed by atoms with Gasteiger partial charge in [0.2, 0.25) is 0 Å². The first-order chi connectivity index (χ1) is 7.20. The van der Waals surface area contributed by atoms with Crippen molar-refractivity contribution in [2.45, 2.75) is 12.2 Å². The Bertz CT molecular complexity index is 326. The molecule has 0 spiro atoms. The summed E-state index contributed by atoms with van der Waals surface area (Å²) in [6.07, 6.45) is -0.505. The van der Waals surface area contributed by atoms with Gasteiger partial charge in [0.25, 0.3) is 0 Å². The summed E-state index contributed by atoms with van der Waals surface area (Å²) >= 11 is 0. The molecule has 4 heteroatoms. The quantitative estimate of drug-likeness (QED) is 0.693. The second-order valence-electron chi connectivity index (χ2n) is 3.84. The van der Waals surface area contributed by atoms with Crippen LogP contribution in [0, 0.1) is 0 Å². The number of aliphatic hydroxyl groups is 1. The zero-order valence-corrected chi connectivity index (χ0v) is 8.76. The molecule has 0 amide bonds. The molecule has 4 nitrogen and oxygen atoms in total. The number of nitrogen functional groups attached to an aromatic ring is 1. The number of hydrogen-bond acceptors (Lipinski definition) is 4. The van der Waals surface area contributed by atoms with Crippen LogP contribution in [-0.4, -0.2) is 37.5 Å². The van der Waals surface area contributed by atoms with Crippen LogP contribution in [0.1, 0.15) is 0 Å². The van der Waals surface area contributed by atoms with Crippen LogP contribution in [0.15, 0.2) is 24.3 Å². The van der Waals surface area contributed by atoms with Crippen molar-refractivity contribution in [2.24, 2.45) is 0 Å². The topological polar surface area (TPSA) is 58.7 Å². The van der Waals surface area contributed by atoms with Gasteiger partial charge in [-0.05, 0) is 24.3 Å². The van der Waals surface area contributed by atoms with Crippen molar-refractivity contribution in [1.82, 2.24) is 0 Å². The molecule has 0 unspecified atom stereocenters. The highest BCUT2D eigenvalue weighted by atomic mass is 16.5. The van der Waals surface area contributed by atoms with Crippen LogP contribution in [0.5, 0.6) is 0 Å². The molecular weight excluding hydrogens is 192 g/mol. The SMILES string of the molecule is CO[C@H]1CN(c2ccc(N)cc2)C[C@@H]1O. The number of ether oxygens (including phenoxy) is 1. The average Bonchev–Trinajstić information content (AvgIpc) is 2.61. The first kappa shape index (κ1) is 10.3. The summed E-state index contributed by atoms with van der Waals surface area (Å²) < 4.78 is 5.18. The lowest BCUT2D eigenvalue weighted by Crippen LogP contribution is -2.25. The molecule has 2 rings (SSSR count). The van der Waals surface area contributed by atoms with Gasteiger partial charge < -0.3 is 20.5 Å². The number of nitrogens with zero attached hydrogens (tertiary/aromatic N) is 1. The first-order valence-corrected chi connectivity index (χ1v) is 5.02. The number of anilines is 2. The van der Waals surface area contributed by atoms with Gasteiger partial charge in [0.05, 0.1) is 6.10 Å². The lowest BCUT2D eigenvalue weighted by atomic mass is 10.2. The zero-order valence-electron chi connectivity index (χ0n) is 8.76. The van der Waals surface area contributed by atoms with E-state index in [9.17, 15) is 5.11 Å². The summed E-state index contributed by atoms with van der Waals surface area (Å²) in [6, 6.07) is 7.64. The minimum absolute atomic E-state index is 0.0949. The van der Waals surface area contributed by atoms with Crippen LogP contribution in [0.2, 0.25) is 0 Å². The molecule has 3 N–H and O–H groups in total. The summed E-state index contributed by atoms with van der Waals surface area (Å²) in [4.78, 5) is 2.10. The van der Waals surface area contributed by atoms with E-state index in [0.717, 1.165) is 17.9 Å². The number of rotatable bonds is 2. The van der Waals surface area contributed by atoms with E-state index in [1.807, 2.05) is 24.3 Å². The molecule has 15 heavy (non-hydrogen) atoms. The Balaban J connectivity index is 2.10. The Morgan fingerprint density at radius 1 is 1.33 bits per heavy atom. The third-order valence-electron chi connectivity index (χ3n) is 2.80. The number of β-amino-alcohol motifs (C(OH)–C–C–N with tert-alkyl or cyclic N) is 1. The van der Waals surface area contributed by atoms with E-state index >= 15 is 0 Å². The molecule has 2 atom stereocenters. The second-order valence-corrected chi connectivity index (χ2v) is 3.84. The van der Waals surface area contributed by atoms with Gasteiger partial charge in [-0.3, -0.25) is 0 Å². The monoisotopic (exact) mass is 208 g/mol. The molecule has 1 aromatic carbocycles. The number of aliphatic hydroxyl groups excluding tert-OH is 1. The van der Waals surface area contributed by atoms with Crippen molar-refractivity contribution in [3.63, 3.8) is 0 Å². The van der Waals surface area contributed by atoms with E-state index in [4.69, 9.17) is 10.5 Å². The predicted molar refractivity (Wildman–Crippen MR) is 59.9 cm³/mol. The largest absolute Gasteiger partial charge is 0.399 e. The molecule has 1 aromatic rings. The Morgan fingerprint density at radius 3 is 2.53 bits per heavy atom. The van der Waals surface area contributed by atoms with E-state index in [2.05, 4.69) is 4.90 Å². The average molecular weight is 208 g/mol. The normalized spacial score (nSPS) is 25.9. The summed E-state index contributed by atoms with van der Waals surface area (Å²) in [6.45, 7) is 1.34. The third kappa shape index (κ3) is 2.06. The summed E-state index contributed by atoms with van der Waals surface area (Å²) in [5.74, 6) is 0. The molecule has 1 saturated heterocycles. The van der Waals surface area contributed by atoms with Gasteiger partial charge >= 0.3 is 0 Å². The van der Waals surface area contributed by atoms with Gasteiger partial charge in [-0.2, -0.15) is 0 Å². The summed E-state index contributed by atoms with van der Waals surface area (Å²) in [5, 5.41) is 9.68. The van der Waals surface area contributed by atoms with Gasteiger partial charge in [-0.25, -0.2) is 0 Å². The summed E-state index contributed by atoms with van der Waals surface area (Å²) in [7, 11) is 1.63. The molecule has 1 aliphatic rings. The molecule has 0 aromatic heterocycles. The fourth-order valence-corrected chi connectivity index (χ4v) is 1.88. The van der Waals surface area contributed by atoms with Crippen LogP contribution in [0.3, 0.4) is 0 Å². The minimum Gasteiger partial charge on any atom is -0.399 e. The fourth-order valence-electron chi connectivity index (χ4n) is 1.88. The molecule has 1 aliphatic heterocycles. The molecule has 0 bridgehead atoms.